The van der Waals surface area contributed by atoms with Crippen LogP contribution in [0, 0.1) is 22.2 Å². The number of rotatable bonds is 9. The van der Waals surface area contributed by atoms with Crippen molar-refractivity contribution in [3.05, 3.63) is 90.0 Å². The minimum atomic E-state index is -4.18. The first-order valence-electron chi connectivity index (χ1n) is 18.0. The Morgan fingerprint density at radius 2 is 1.42 bits per heavy atom. The Morgan fingerprint density at radius 1 is 0.827 bits per heavy atom. The number of anilines is 1. The number of piperazine rings is 1. The lowest BCUT2D eigenvalue weighted by Crippen LogP contribution is -2.72. The maximum Gasteiger partial charge on any atom is 0.266 e. The van der Waals surface area contributed by atoms with E-state index in [9.17, 15) is 18.0 Å². The van der Waals surface area contributed by atoms with Crippen molar-refractivity contribution < 1.29 is 22.7 Å². The number of likely N-dealkylation sites (N-methyl/N-ethyl adjacent to an activating group) is 1. The summed E-state index contributed by atoms with van der Waals surface area (Å²) >= 11 is 0. The first-order chi connectivity index (χ1) is 24.1. The molecule has 2 amide bonds. The number of benzene rings is 3. The summed E-state index contributed by atoms with van der Waals surface area (Å²) in [5, 5.41) is -0.744. The van der Waals surface area contributed by atoms with Crippen molar-refractivity contribution in [3.8, 4) is 5.75 Å². The van der Waals surface area contributed by atoms with Crippen molar-refractivity contribution >= 4 is 49.1 Å². The maximum atomic E-state index is 14.8. The van der Waals surface area contributed by atoms with Crippen LogP contribution in [0.5, 0.6) is 5.75 Å². The predicted molar refractivity (Wildman–Crippen MR) is 210 cm³/mol. The molecule has 1 spiro atoms. The van der Waals surface area contributed by atoms with Gasteiger partial charge in [0.2, 0.25) is 0 Å². The lowest BCUT2D eigenvalue weighted by Gasteiger charge is -2.59. The van der Waals surface area contributed by atoms with E-state index in [-0.39, 0.29) is 39.4 Å². The summed E-state index contributed by atoms with van der Waals surface area (Å²) in [5.41, 5.74) is 0.126. The predicted octanol–water partition coefficient (Wildman–Crippen LogP) is 8.52. The molecule has 5 heterocycles. The Bertz CT molecular complexity index is 2050. The second-order valence-corrected chi connectivity index (χ2v) is 21.7. The topological polar surface area (TPSA) is 87.2 Å². The van der Waals surface area contributed by atoms with Crippen LogP contribution >= 0.6 is 21.6 Å². The van der Waals surface area contributed by atoms with Crippen molar-refractivity contribution in [2.75, 3.05) is 11.4 Å². The Morgan fingerprint density at radius 3 is 2.04 bits per heavy atom. The van der Waals surface area contributed by atoms with Crippen molar-refractivity contribution in [3.63, 3.8) is 0 Å². The van der Waals surface area contributed by atoms with Gasteiger partial charge in [-0.3, -0.25) is 14.5 Å². The van der Waals surface area contributed by atoms with Crippen molar-refractivity contribution in [1.29, 1.82) is 0 Å². The van der Waals surface area contributed by atoms with E-state index in [0.29, 0.717) is 17.4 Å². The second-order valence-electron chi connectivity index (χ2n) is 17.4. The normalized spacial score (nSPS) is 26.2. The average Bonchev–Trinajstić information content (AvgIpc) is 3.56. The maximum absolute atomic E-state index is 14.8. The highest BCUT2D eigenvalue weighted by Crippen LogP contribution is 2.69. The van der Waals surface area contributed by atoms with Gasteiger partial charge in [-0.05, 0) is 72.1 Å². The molecule has 8 nitrogen and oxygen atoms in total. The number of ether oxygens (including phenoxy) is 1. The molecule has 0 radical (unpaired) electrons. The number of sulfonamides is 1. The Balaban J connectivity index is 1.37. The zero-order valence-electron chi connectivity index (χ0n) is 32.1. The number of carbonyl (C=O) groups excluding carboxylic acids is 2. The molecule has 0 aliphatic carbocycles. The number of amides is 2. The van der Waals surface area contributed by atoms with E-state index in [1.165, 1.54) is 30.8 Å². The Hall–Kier alpha value is -3.15. The fourth-order valence-corrected chi connectivity index (χ4v) is 14.2. The number of carbonyl (C=O) groups is 2. The van der Waals surface area contributed by atoms with Crippen LogP contribution in [0.1, 0.15) is 86.8 Å². The van der Waals surface area contributed by atoms with Gasteiger partial charge in [-0.25, -0.2) is 12.7 Å². The van der Waals surface area contributed by atoms with E-state index in [1.54, 1.807) is 42.3 Å². The molecule has 0 aromatic heterocycles. The van der Waals surface area contributed by atoms with Gasteiger partial charge in [0, 0.05) is 18.9 Å². The Kier molecular flexibility index (Phi) is 8.35. The van der Waals surface area contributed by atoms with Crippen LogP contribution < -0.4 is 9.04 Å². The van der Waals surface area contributed by atoms with Gasteiger partial charge in [-0.15, -0.1) is 0 Å². The van der Waals surface area contributed by atoms with Crippen molar-refractivity contribution in [2.24, 2.45) is 22.2 Å². The molecule has 2 bridgehead atoms. The van der Waals surface area contributed by atoms with Crippen molar-refractivity contribution in [1.82, 2.24) is 9.80 Å². The summed E-state index contributed by atoms with van der Waals surface area (Å²) in [5.74, 6) is 0.716. The summed E-state index contributed by atoms with van der Waals surface area (Å²) in [6.45, 7) is 22.8. The summed E-state index contributed by atoms with van der Waals surface area (Å²) in [6, 6.07) is 23.8. The average molecular weight is 762 g/mol. The van der Waals surface area contributed by atoms with Gasteiger partial charge in [0.25, 0.3) is 21.8 Å². The van der Waals surface area contributed by atoms with E-state index in [0.717, 1.165) is 11.1 Å². The van der Waals surface area contributed by atoms with Gasteiger partial charge in [-0.1, -0.05) is 126 Å². The molecule has 11 heteroatoms. The molecule has 278 valence electrons. The summed E-state index contributed by atoms with van der Waals surface area (Å²) < 4.78 is 37.9. The highest BCUT2D eigenvalue weighted by atomic mass is 33.1. The first-order valence-corrected chi connectivity index (χ1v) is 21.7. The Labute approximate surface area is 317 Å². The smallest absolute Gasteiger partial charge is 0.266 e. The van der Waals surface area contributed by atoms with E-state index in [1.807, 2.05) is 48.5 Å². The highest BCUT2D eigenvalue weighted by molar-refractivity contribution is 8.78. The lowest BCUT2D eigenvalue weighted by molar-refractivity contribution is -0.158. The van der Waals surface area contributed by atoms with E-state index < -0.39 is 37.4 Å². The molecule has 4 saturated heterocycles. The third kappa shape index (κ3) is 4.63. The molecule has 4 fully saturated rings. The zero-order chi connectivity index (χ0) is 38.0. The van der Waals surface area contributed by atoms with Crippen LogP contribution in [-0.4, -0.2) is 59.1 Å². The molecule has 0 saturated carbocycles. The lowest BCUT2D eigenvalue weighted by atomic mass is 9.48. The number of hydrogen-bond acceptors (Lipinski definition) is 7. The highest BCUT2D eigenvalue weighted by Gasteiger charge is 2.77. The molecule has 3 aromatic carbocycles. The number of hydrogen-bond donors (Lipinski definition) is 0. The SMILES string of the molecule is CC(C)C(C)(C)C(C)(C)C(C)(C)C(C)(C)Oc1ccc([C@]23C[C@@]45SS[C@@H](C(=O)N4[C@H]2N(S(=O)(=O)c2ccccc2)c2ccccc23)N(C)C5=O)cc1. The van der Waals surface area contributed by atoms with Crippen LogP contribution in [0.3, 0.4) is 0 Å². The van der Waals surface area contributed by atoms with E-state index >= 15 is 0 Å². The fourth-order valence-electron chi connectivity index (χ4n) is 9.06. The van der Waals surface area contributed by atoms with Crippen molar-refractivity contribution in [2.45, 2.75) is 108 Å². The van der Waals surface area contributed by atoms with Gasteiger partial charge in [0.05, 0.1) is 16.0 Å². The molecule has 4 atom stereocenters. The van der Waals surface area contributed by atoms with Gasteiger partial charge >= 0.3 is 0 Å². The number of nitrogens with zero attached hydrogens (tertiary/aromatic N) is 3. The van der Waals surface area contributed by atoms with Gasteiger partial charge < -0.3 is 9.64 Å². The third-order valence-corrected chi connectivity index (χ3v) is 19.4. The van der Waals surface area contributed by atoms with Crippen LogP contribution in [0.4, 0.5) is 5.69 Å². The first kappa shape index (κ1) is 37.2. The van der Waals surface area contributed by atoms with Gasteiger partial charge in [-0.2, -0.15) is 0 Å². The summed E-state index contributed by atoms with van der Waals surface area (Å²) in [4.78, 5) is 30.7. The third-order valence-electron chi connectivity index (χ3n) is 14.3. The molecular formula is C41H51N3O5S3. The van der Waals surface area contributed by atoms with Crippen LogP contribution in [0.25, 0.3) is 0 Å². The molecule has 5 aliphatic heterocycles. The fraction of sp³-hybridized carbons (Fsp3) is 0.512. The molecular weight excluding hydrogens is 711 g/mol. The summed E-state index contributed by atoms with van der Waals surface area (Å²) in [6.07, 6.45) is -0.781. The molecule has 3 aromatic rings. The van der Waals surface area contributed by atoms with Crippen LogP contribution in [0.2, 0.25) is 0 Å². The second kappa shape index (κ2) is 11.7. The van der Waals surface area contributed by atoms with E-state index in [2.05, 4.69) is 69.2 Å². The standard InChI is InChI=1S/C41H51N3O5S3/c1-26(2)36(3,4)37(5,6)38(7,8)39(9,10)49-28-23-21-27(22-24-28)40-25-41-35(46)42(11)33(50-51-41)32(45)43(41)34(40)44(31-20-16-15-19-30(31)40)52(47,48)29-17-13-12-14-18-29/h12-24,26,33-34H,25H2,1-11H3/t33-,34-,40-,41-/m0/s1. The minimum Gasteiger partial charge on any atom is -0.487 e. The minimum absolute atomic E-state index is 0.0173. The molecule has 0 N–H and O–H groups in total. The monoisotopic (exact) mass is 761 g/mol. The van der Waals surface area contributed by atoms with E-state index in [4.69, 9.17) is 4.74 Å². The van der Waals surface area contributed by atoms with Gasteiger partial charge in [0.1, 0.15) is 17.5 Å². The zero-order valence-corrected chi connectivity index (χ0v) is 34.5. The number of fused-ring (bicyclic) bond motifs is 5. The quantitative estimate of drug-likeness (QED) is 0.202. The van der Waals surface area contributed by atoms with Crippen LogP contribution in [0.15, 0.2) is 83.8 Å². The molecule has 5 aliphatic rings. The molecule has 8 rings (SSSR count). The van der Waals surface area contributed by atoms with Gasteiger partial charge in [0.15, 0.2) is 10.2 Å². The number of para-hydroxylation sites is 1. The molecule has 52 heavy (non-hydrogen) atoms. The molecule has 0 unspecified atom stereocenters. The van der Waals surface area contributed by atoms with Crippen LogP contribution in [-0.2, 0) is 25.0 Å². The summed E-state index contributed by atoms with van der Waals surface area (Å²) in [7, 11) is 0.247. The largest absolute Gasteiger partial charge is 0.487 e.